The standard InChI is InChI=1S/C6H11NO3/c1-5(8)7-4-2-3-6(9)10/h2-4H2,1H3,(H,7,8)(H,9,10)/i1D3. The van der Waals surface area contributed by atoms with E-state index in [1.54, 1.807) is 0 Å². The summed E-state index contributed by atoms with van der Waals surface area (Å²) in [5, 5.41) is 10.3. The molecule has 0 radical (unpaired) electrons. The van der Waals surface area contributed by atoms with E-state index in [2.05, 4.69) is 5.32 Å². The number of nitrogens with one attached hydrogen (secondary N) is 1. The third-order valence-electron chi connectivity index (χ3n) is 0.853. The predicted octanol–water partition coefficient (Wildman–Crippen LogP) is -0.0127. The average Bonchev–Trinajstić information content (AvgIpc) is 1.95. The van der Waals surface area contributed by atoms with Gasteiger partial charge in [-0.3, -0.25) is 9.59 Å². The summed E-state index contributed by atoms with van der Waals surface area (Å²) in [6.45, 7) is -2.58. The molecule has 0 fully saturated rings. The van der Waals surface area contributed by atoms with Crippen LogP contribution < -0.4 is 5.32 Å². The van der Waals surface area contributed by atoms with Crippen LogP contribution >= 0.6 is 0 Å². The minimum absolute atomic E-state index is 0.0729. The Labute approximate surface area is 63.4 Å². The van der Waals surface area contributed by atoms with Gasteiger partial charge in [-0.2, -0.15) is 0 Å². The lowest BCUT2D eigenvalue weighted by molar-refractivity contribution is -0.137. The van der Waals surface area contributed by atoms with Crippen LogP contribution in [0.5, 0.6) is 0 Å². The molecule has 0 aromatic carbocycles. The minimum Gasteiger partial charge on any atom is -0.481 e. The van der Waals surface area contributed by atoms with E-state index >= 15 is 0 Å². The molecule has 0 unspecified atom stereocenters. The molecule has 0 rings (SSSR count). The molecule has 1 amide bonds. The van der Waals surface area contributed by atoms with E-state index in [1.807, 2.05) is 0 Å². The van der Waals surface area contributed by atoms with Crippen molar-refractivity contribution in [2.45, 2.75) is 19.7 Å². The Balaban J connectivity index is 3.55. The van der Waals surface area contributed by atoms with Gasteiger partial charge in [0.05, 0.1) is 0 Å². The second-order valence-electron chi connectivity index (χ2n) is 1.75. The second kappa shape index (κ2) is 4.78. The molecule has 10 heavy (non-hydrogen) atoms. The normalized spacial score (nSPS) is 14.6. The van der Waals surface area contributed by atoms with E-state index in [4.69, 9.17) is 9.22 Å². The first-order valence-corrected chi connectivity index (χ1v) is 2.84. The molecule has 4 nitrogen and oxygen atoms in total. The number of carbonyl (C=O) groups excluding carboxylic acids is 1. The summed E-state index contributed by atoms with van der Waals surface area (Å²) in [6.07, 6.45) is 0.151. The summed E-state index contributed by atoms with van der Waals surface area (Å²) in [4.78, 5) is 20.7. The SMILES string of the molecule is [2H]C([2H])([2H])C(=O)NCCCC(=O)O. The summed E-state index contributed by atoms with van der Waals surface area (Å²) in [7, 11) is 0. The predicted molar refractivity (Wildman–Crippen MR) is 35.6 cm³/mol. The zero-order valence-corrected chi connectivity index (χ0v) is 5.39. The molecule has 0 atom stereocenters. The maximum Gasteiger partial charge on any atom is 0.303 e. The van der Waals surface area contributed by atoms with Gasteiger partial charge in [-0.15, -0.1) is 0 Å². The first kappa shape index (κ1) is 4.71. The van der Waals surface area contributed by atoms with Crippen LogP contribution in [0, 0.1) is 0 Å². The van der Waals surface area contributed by atoms with Gasteiger partial charge in [-0.1, -0.05) is 0 Å². The van der Waals surface area contributed by atoms with Crippen LogP contribution in [-0.2, 0) is 9.59 Å². The average molecular weight is 148 g/mol. The van der Waals surface area contributed by atoms with Crippen LogP contribution in [-0.4, -0.2) is 23.5 Å². The highest BCUT2D eigenvalue weighted by atomic mass is 16.4. The molecule has 0 aliphatic rings. The van der Waals surface area contributed by atoms with Crippen LogP contribution in [0.2, 0.25) is 0 Å². The summed E-state index contributed by atoms with van der Waals surface area (Å²) < 4.78 is 20.0. The topological polar surface area (TPSA) is 66.4 Å². The van der Waals surface area contributed by atoms with E-state index in [1.165, 1.54) is 0 Å². The number of hydrogen-bond acceptors (Lipinski definition) is 2. The fourth-order valence-electron chi connectivity index (χ4n) is 0.442. The highest BCUT2D eigenvalue weighted by molar-refractivity contribution is 5.72. The van der Waals surface area contributed by atoms with Gasteiger partial charge in [-0.05, 0) is 6.42 Å². The number of carbonyl (C=O) groups is 2. The molecule has 0 aromatic rings. The molecule has 0 spiro atoms. The van der Waals surface area contributed by atoms with E-state index < -0.39 is 18.7 Å². The zero-order chi connectivity index (χ0) is 10.5. The fourth-order valence-corrected chi connectivity index (χ4v) is 0.442. The van der Waals surface area contributed by atoms with Gasteiger partial charge in [0.2, 0.25) is 5.91 Å². The molecular weight excluding hydrogens is 134 g/mol. The molecule has 0 aromatic heterocycles. The van der Waals surface area contributed by atoms with Crippen LogP contribution in [0.4, 0.5) is 0 Å². The third-order valence-corrected chi connectivity index (χ3v) is 0.853. The summed E-state index contributed by atoms with van der Waals surface area (Å²) >= 11 is 0. The lowest BCUT2D eigenvalue weighted by Crippen LogP contribution is -2.21. The molecule has 0 aliphatic carbocycles. The van der Waals surface area contributed by atoms with Gasteiger partial charge in [0.25, 0.3) is 0 Å². The van der Waals surface area contributed by atoms with Crippen LogP contribution in [0.15, 0.2) is 0 Å². The second-order valence-corrected chi connectivity index (χ2v) is 1.75. The highest BCUT2D eigenvalue weighted by Crippen LogP contribution is 1.84. The van der Waals surface area contributed by atoms with Gasteiger partial charge in [0.1, 0.15) is 0 Å². The summed E-state index contributed by atoms with van der Waals surface area (Å²) in [6, 6.07) is 0. The minimum atomic E-state index is -2.65. The Morgan fingerprint density at radius 2 is 2.40 bits per heavy atom. The van der Waals surface area contributed by atoms with Crippen molar-refractivity contribution in [2.24, 2.45) is 0 Å². The molecule has 0 saturated heterocycles. The smallest absolute Gasteiger partial charge is 0.303 e. The van der Waals surface area contributed by atoms with Gasteiger partial charge in [0, 0.05) is 23.9 Å². The Bertz CT molecular complexity index is 202. The van der Waals surface area contributed by atoms with Crippen LogP contribution in [0.3, 0.4) is 0 Å². The highest BCUT2D eigenvalue weighted by Gasteiger charge is 1.95. The molecule has 0 aliphatic heterocycles. The number of rotatable bonds is 4. The van der Waals surface area contributed by atoms with E-state index in [-0.39, 0.29) is 19.4 Å². The van der Waals surface area contributed by atoms with Gasteiger partial charge < -0.3 is 10.4 Å². The molecule has 4 heteroatoms. The number of hydrogen-bond donors (Lipinski definition) is 2. The van der Waals surface area contributed by atoms with Crippen molar-refractivity contribution in [3.05, 3.63) is 0 Å². The Kier molecular flexibility index (Phi) is 2.25. The lowest BCUT2D eigenvalue weighted by Gasteiger charge is -1.97. The number of carboxylic acids is 1. The quantitative estimate of drug-likeness (QED) is 0.551. The maximum absolute atomic E-state index is 10.7. The van der Waals surface area contributed by atoms with Crippen molar-refractivity contribution in [2.75, 3.05) is 6.54 Å². The van der Waals surface area contributed by atoms with E-state index in [0.717, 1.165) is 0 Å². The Hall–Kier alpha value is -1.06. The Morgan fingerprint density at radius 1 is 1.70 bits per heavy atom. The van der Waals surface area contributed by atoms with E-state index in [0.29, 0.717) is 0 Å². The first-order chi connectivity index (χ1) is 5.84. The van der Waals surface area contributed by atoms with Gasteiger partial charge in [0.15, 0.2) is 0 Å². The lowest BCUT2D eigenvalue weighted by atomic mass is 10.3. The molecule has 2 N–H and O–H groups in total. The van der Waals surface area contributed by atoms with Crippen molar-refractivity contribution in [3.63, 3.8) is 0 Å². The number of amides is 1. The first-order valence-electron chi connectivity index (χ1n) is 4.34. The maximum atomic E-state index is 10.7. The van der Waals surface area contributed by atoms with E-state index in [9.17, 15) is 9.59 Å². The van der Waals surface area contributed by atoms with Crippen molar-refractivity contribution >= 4 is 11.9 Å². The molecule has 0 heterocycles. The van der Waals surface area contributed by atoms with Crippen LogP contribution in [0.25, 0.3) is 0 Å². The number of carboxylic acid groups (broad SMARTS) is 1. The van der Waals surface area contributed by atoms with Crippen molar-refractivity contribution in [3.8, 4) is 0 Å². The molecule has 0 bridgehead atoms. The van der Waals surface area contributed by atoms with Crippen molar-refractivity contribution < 1.29 is 18.8 Å². The monoisotopic (exact) mass is 148 g/mol. The zero-order valence-electron chi connectivity index (χ0n) is 8.39. The molecular formula is C6H11NO3. The largest absolute Gasteiger partial charge is 0.481 e. The molecule has 0 saturated carbocycles. The van der Waals surface area contributed by atoms with Crippen molar-refractivity contribution in [1.29, 1.82) is 0 Å². The summed E-state index contributed by atoms with van der Waals surface area (Å²) in [5.41, 5.74) is 0. The van der Waals surface area contributed by atoms with Crippen LogP contribution in [0.1, 0.15) is 23.8 Å². The van der Waals surface area contributed by atoms with Crippen molar-refractivity contribution in [1.82, 2.24) is 5.32 Å². The third kappa shape index (κ3) is 6.94. The number of aliphatic carboxylic acids is 1. The summed E-state index contributed by atoms with van der Waals surface area (Å²) in [5.74, 6) is -2.01. The van der Waals surface area contributed by atoms with Gasteiger partial charge >= 0.3 is 5.97 Å². The fraction of sp³-hybridized carbons (Fsp3) is 0.667. The Morgan fingerprint density at radius 3 is 2.90 bits per heavy atom. The molecule has 58 valence electrons. The van der Waals surface area contributed by atoms with Gasteiger partial charge in [-0.25, -0.2) is 0 Å².